The molecule has 1 fully saturated rings. The second-order valence-electron chi connectivity index (χ2n) is 4.86. The highest BCUT2D eigenvalue weighted by molar-refractivity contribution is 5.92. The van der Waals surface area contributed by atoms with Gasteiger partial charge in [0.15, 0.2) is 0 Å². The molecule has 1 N–H and O–H groups in total. The molecule has 1 aliphatic heterocycles. The highest BCUT2D eigenvalue weighted by atomic mass is 16.1. The number of hydrogen-bond donors (Lipinski definition) is 1. The molecule has 1 saturated heterocycles. The Kier molecular flexibility index (Phi) is 4.93. The number of hydrogen-bond acceptors (Lipinski definition) is 3. The SMILES string of the molecule is N#Cc1ccccc1NC(=O)CCCN1CCCC1. The van der Waals surface area contributed by atoms with Crippen LogP contribution in [0.25, 0.3) is 0 Å². The van der Waals surface area contributed by atoms with Crippen molar-refractivity contribution in [3.8, 4) is 6.07 Å². The summed E-state index contributed by atoms with van der Waals surface area (Å²) in [6.45, 7) is 3.32. The van der Waals surface area contributed by atoms with E-state index in [2.05, 4.69) is 16.3 Å². The molecule has 1 heterocycles. The van der Waals surface area contributed by atoms with Gasteiger partial charge in [-0.05, 0) is 51.0 Å². The van der Waals surface area contributed by atoms with E-state index in [1.807, 2.05) is 6.07 Å². The Labute approximate surface area is 114 Å². The first-order valence-electron chi connectivity index (χ1n) is 6.81. The fourth-order valence-corrected chi connectivity index (χ4v) is 2.37. The van der Waals surface area contributed by atoms with Gasteiger partial charge in [-0.1, -0.05) is 12.1 Å². The molecule has 0 radical (unpaired) electrons. The maximum atomic E-state index is 11.8. The molecule has 1 amide bonds. The maximum Gasteiger partial charge on any atom is 0.224 e. The van der Waals surface area contributed by atoms with E-state index in [1.54, 1.807) is 18.2 Å². The lowest BCUT2D eigenvalue weighted by Crippen LogP contribution is -2.22. The third-order valence-electron chi connectivity index (χ3n) is 3.40. The Bertz CT molecular complexity index is 473. The highest BCUT2D eigenvalue weighted by Gasteiger charge is 2.12. The lowest BCUT2D eigenvalue weighted by Gasteiger charge is -2.13. The van der Waals surface area contributed by atoms with Crippen LogP contribution in [0.4, 0.5) is 5.69 Å². The van der Waals surface area contributed by atoms with Crippen molar-refractivity contribution in [3.63, 3.8) is 0 Å². The van der Waals surface area contributed by atoms with Crippen LogP contribution in [0, 0.1) is 11.3 Å². The van der Waals surface area contributed by atoms with Gasteiger partial charge in [0.2, 0.25) is 5.91 Å². The number of nitriles is 1. The van der Waals surface area contributed by atoms with Gasteiger partial charge >= 0.3 is 0 Å². The number of carbonyl (C=O) groups is 1. The van der Waals surface area contributed by atoms with Crippen molar-refractivity contribution in [2.24, 2.45) is 0 Å². The van der Waals surface area contributed by atoms with E-state index in [-0.39, 0.29) is 5.91 Å². The second kappa shape index (κ2) is 6.91. The van der Waals surface area contributed by atoms with E-state index < -0.39 is 0 Å². The first kappa shape index (κ1) is 13.6. The molecule has 4 nitrogen and oxygen atoms in total. The van der Waals surface area contributed by atoms with Gasteiger partial charge in [-0.15, -0.1) is 0 Å². The minimum Gasteiger partial charge on any atom is -0.325 e. The first-order valence-corrected chi connectivity index (χ1v) is 6.81. The lowest BCUT2D eigenvalue weighted by atomic mass is 10.2. The van der Waals surface area contributed by atoms with Crippen molar-refractivity contribution < 1.29 is 4.79 Å². The Morgan fingerprint density at radius 1 is 1.32 bits per heavy atom. The topological polar surface area (TPSA) is 56.1 Å². The molecule has 0 atom stereocenters. The Morgan fingerprint density at radius 3 is 2.79 bits per heavy atom. The standard InChI is InChI=1S/C15H19N3O/c16-12-13-6-1-2-7-14(13)17-15(19)8-5-11-18-9-3-4-10-18/h1-2,6-7H,3-5,8-11H2,(H,17,19). The minimum absolute atomic E-state index is 0.0121. The van der Waals surface area contributed by atoms with Crippen LogP contribution in [0.2, 0.25) is 0 Å². The number of amides is 1. The zero-order valence-electron chi connectivity index (χ0n) is 11.1. The van der Waals surface area contributed by atoms with E-state index >= 15 is 0 Å². The van der Waals surface area contributed by atoms with E-state index in [1.165, 1.54) is 25.9 Å². The van der Waals surface area contributed by atoms with Crippen LogP contribution in [0.3, 0.4) is 0 Å². The summed E-state index contributed by atoms with van der Waals surface area (Å²) < 4.78 is 0. The number of likely N-dealkylation sites (tertiary alicyclic amines) is 1. The van der Waals surface area contributed by atoms with Gasteiger partial charge in [0.25, 0.3) is 0 Å². The third kappa shape index (κ3) is 4.08. The summed E-state index contributed by atoms with van der Waals surface area (Å²) in [5.74, 6) is -0.0121. The van der Waals surface area contributed by atoms with Crippen molar-refractivity contribution in [1.82, 2.24) is 4.90 Å². The Morgan fingerprint density at radius 2 is 2.05 bits per heavy atom. The summed E-state index contributed by atoms with van der Waals surface area (Å²) in [7, 11) is 0. The van der Waals surface area contributed by atoms with Crippen LogP contribution >= 0.6 is 0 Å². The molecule has 0 aromatic heterocycles. The molecule has 1 aromatic rings. The van der Waals surface area contributed by atoms with Crippen LogP contribution in [0.15, 0.2) is 24.3 Å². The summed E-state index contributed by atoms with van der Waals surface area (Å²) >= 11 is 0. The number of anilines is 1. The molecule has 4 heteroatoms. The van der Waals surface area contributed by atoms with Crippen molar-refractivity contribution >= 4 is 11.6 Å². The molecule has 100 valence electrons. The van der Waals surface area contributed by atoms with Crippen LogP contribution in [0.5, 0.6) is 0 Å². The average molecular weight is 257 g/mol. The quantitative estimate of drug-likeness (QED) is 0.881. The summed E-state index contributed by atoms with van der Waals surface area (Å²) in [5.41, 5.74) is 1.12. The highest BCUT2D eigenvalue weighted by Crippen LogP contribution is 2.14. The molecule has 2 rings (SSSR count). The van der Waals surface area contributed by atoms with Gasteiger partial charge in [-0.3, -0.25) is 4.79 Å². The molecule has 19 heavy (non-hydrogen) atoms. The fourth-order valence-electron chi connectivity index (χ4n) is 2.37. The number of nitrogens with one attached hydrogen (secondary N) is 1. The van der Waals surface area contributed by atoms with E-state index in [9.17, 15) is 4.79 Å². The smallest absolute Gasteiger partial charge is 0.224 e. The minimum atomic E-state index is -0.0121. The van der Waals surface area contributed by atoms with Crippen LogP contribution in [-0.4, -0.2) is 30.4 Å². The van der Waals surface area contributed by atoms with Crippen molar-refractivity contribution in [2.75, 3.05) is 25.0 Å². The largest absolute Gasteiger partial charge is 0.325 e. The van der Waals surface area contributed by atoms with Gasteiger partial charge in [0.05, 0.1) is 11.3 Å². The molecule has 0 unspecified atom stereocenters. The molecular weight excluding hydrogens is 238 g/mol. The first-order chi connectivity index (χ1) is 9.29. The van der Waals surface area contributed by atoms with Crippen molar-refractivity contribution in [2.45, 2.75) is 25.7 Å². The van der Waals surface area contributed by atoms with Crippen LogP contribution in [-0.2, 0) is 4.79 Å². The zero-order chi connectivity index (χ0) is 13.5. The van der Waals surface area contributed by atoms with Gasteiger partial charge in [0, 0.05) is 6.42 Å². The molecule has 1 aromatic carbocycles. The molecule has 0 bridgehead atoms. The van der Waals surface area contributed by atoms with Crippen LogP contribution in [0.1, 0.15) is 31.2 Å². The fraction of sp³-hybridized carbons (Fsp3) is 0.467. The number of carbonyl (C=O) groups excluding carboxylic acids is 1. The molecular formula is C15H19N3O. The zero-order valence-corrected chi connectivity index (χ0v) is 11.1. The Balaban J connectivity index is 1.76. The van der Waals surface area contributed by atoms with Gasteiger partial charge in [0.1, 0.15) is 6.07 Å². The molecule has 0 saturated carbocycles. The van der Waals surface area contributed by atoms with E-state index in [4.69, 9.17) is 5.26 Å². The molecule has 0 spiro atoms. The third-order valence-corrected chi connectivity index (χ3v) is 3.40. The molecule has 0 aliphatic carbocycles. The summed E-state index contributed by atoms with van der Waals surface area (Å²) in [6, 6.07) is 9.16. The van der Waals surface area contributed by atoms with Crippen molar-refractivity contribution in [1.29, 1.82) is 5.26 Å². The molecule has 1 aliphatic rings. The predicted octanol–water partition coefficient (Wildman–Crippen LogP) is 2.37. The van der Waals surface area contributed by atoms with Gasteiger partial charge in [-0.2, -0.15) is 5.26 Å². The second-order valence-corrected chi connectivity index (χ2v) is 4.86. The average Bonchev–Trinajstić information content (AvgIpc) is 2.92. The number of nitrogens with zero attached hydrogens (tertiary/aromatic N) is 2. The van der Waals surface area contributed by atoms with Gasteiger partial charge < -0.3 is 10.2 Å². The van der Waals surface area contributed by atoms with E-state index in [0.717, 1.165) is 13.0 Å². The predicted molar refractivity (Wildman–Crippen MR) is 74.7 cm³/mol. The number of rotatable bonds is 5. The summed E-state index contributed by atoms with van der Waals surface area (Å²) in [6.07, 6.45) is 3.94. The van der Waals surface area contributed by atoms with Crippen LogP contribution < -0.4 is 5.32 Å². The normalized spacial score (nSPS) is 15.1. The monoisotopic (exact) mass is 257 g/mol. The maximum absolute atomic E-state index is 11.8. The number of benzene rings is 1. The van der Waals surface area contributed by atoms with Crippen molar-refractivity contribution in [3.05, 3.63) is 29.8 Å². The lowest BCUT2D eigenvalue weighted by molar-refractivity contribution is -0.116. The summed E-state index contributed by atoms with van der Waals surface area (Å²) in [4.78, 5) is 14.2. The van der Waals surface area contributed by atoms with E-state index in [0.29, 0.717) is 17.7 Å². The summed E-state index contributed by atoms with van der Waals surface area (Å²) in [5, 5.41) is 11.7. The Hall–Kier alpha value is -1.86. The number of para-hydroxylation sites is 1. The van der Waals surface area contributed by atoms with Gasteiger partial charge in [-0.25, -0.2) is 0 Å².